The van der Waals surface area contributed by atoms with Crippen LogP contribution >= 0.6 is 0 Å². The van der Waals surface area contributed by atoms with Gasteiger partial charge in [0, 0.05) is 38.2 Å². The number of benzene rings is 2. The van der Waals surface area contributed by atoms with E-state index in [9.17, 15) is 23.5 Å². The molecule has 2 amide bonds. The highest BCUT2D eigenvalue weighted by Gasteiger charge is 2.37. The number of carbonyl (C=O) groups excluding carboxylic acids is 2. The Balaban J connectivity index is 1.81. The summed E-state index contributed by atoms with van der Waals surface area (Å²) in [5.74, 6) is -1.41. The number of hydrogen-bond acceptors (Lipinski definition) is 4. The number of rotatable bonds is 10. The van der Waals surface area contributed by atoms with Crippen molar-refractivity contribution in [1.29, 1.82) is 0 Å². The molecular formula is C27H35F2N3O3. The minimum Gasteiger partial charge on any atom is -0.390 e. The Labute approximate surface area is 205 Å². The fourth-order valence-electron chi connectivity index (χ4n) is 4.74. The van der Waals surface area contributed by atoms with E-state index >= 15 is 0 Å². The summed E-state index contributed by atoms with van der Waals surface area (Å²) in [6.45, 7) is 6.91. The molecule has 3 rings (SSSR count). The second-order valence-corrected chi connectivity index (χ2v) is 9.74. The Morgan fingerprint density at radius 1 is 1.14 bits per heavy atom. The third kappa shape index (κ3) is 7.08. The minimum atomic E-state index is -1.01. The molecule has 1 saturated heterocycles. The third-order valence-electron chi connectivity index (χ3n) is 6.79. The molecule has 2 atom stereocenters. The van der Waals surface area contributed by atoms with Crippen molar-refractivity contribution in [3.05, 3.63) is 70.8 Å². The zero-order chi connectivity index (χ0) is 25.6. The van der Waals surface area contributed by atoms with Crippen molar-refractivity contribution in [1.82, 2.24) is 15.5 Å². The van der Waals surface area contributed by atoms with Gasteiger partial charge in [-0.3, -0.25) is 9.59 Å². The summed E-state index contributed by atoms with van der Waals surface area (Å²) in [5, 5.41) is 17.3. The van der Waals surface area contributed by atoms with Crippen LogP contribution < -0.4 is 10.6 Å². The molecule has 1 aliphatic heterocycles. The molecular weight excluding hydrogens is 452 g/mol. The number of aliphatic hydroxyl groups is 1. The molecule has 1 fully saturated rings. The molecule has 6 nitrogen and oxygen atoms in total. The zero-order valence-corrected chi connectivity index (χ0v) is 20.6. The van der Waals surface area contributed by atoms with Crippen molar-refractivity contribution in [3.8, 4) is 0 Å². The monoisotopic (exact) mass is 487 g/mol. The summed E-state index contributed by atoms with van der Waals surface area (Å²) in [4.78, 5) is 24.9. The average Bonchev–Trinajstić information content (AvgIpc) is 2.81. The van der Waals surface area contributed by atoms with E-state index < -0.39 is 29.3 Å². The molecule has 35 heavy (non-hydrogen) atoms. The lowest BCUT2D eigenvalue weighted by molar-refractivity contribution is -0.120. The number of piperidine rings is 1. The quantitative estimate of drug-likeness (QED) is 0.450. The van der Waals surface area contributed by atoms with Gasteiger partial charge < -0.3 is 20.6 Å². The van der Waals surface area contributed by atoms with Gasteiger partial charge in [-0.25, -0.2) is 8.78 Å². The van der Waals surface area contributed by atoms with Crippen molar-refractivity contribution in [2.75, 3.05) is 19.6 Å². The predicted molar refractivity (Wildman–Crippen MR) is 131 cm³/mol. The summed E-state index contributed by atoms with van der Waals surface area (Å²) >= 11 is 0. The highest BCUT2D eigenvalue weighted by molar-refractivity contribution is 5.73. The van der Waals surface area contributed by atoms with E-state index in [1.54, 1.807) is 4.90 Å². The van der Waals surface area contributed by atoms with E-state index in [0.717, 1.165) is 18.0 Å². The van der Waals surface area contributed by atoms with Gasteiger partial charge in [-0.05, 0) is 54.0 Å². The van der Waals surface area contributed by atoms with Gasteiger partial charge in [0.15, 0.2) is 0 Å². The molecule has 2 aromatic rings. The highest BCUT2D eigenvalue weighted by Crippen LogP contribution is 2.34. The minimum absolute atomic E-state index is 0.0753. The van der Waals surface area contributed by atoms with Gasteiger partial charge in [0.05, 0.1) is 12.1 Å². The topological polar surface area (TPSA) is 81.7 Å². The molecule has 3 N–H and O–H groups in total. The van der Waals surface area contributed by atoms with Gasteiger partial charge in [0.2, 0.25) is 12.3 Å². The first-order valence-electron chi connectivity index (χ1n) is 12.1. The van der Waals surface area contributed by atoms with Crippen molar-refractivity contribution >= 4 is 12.3 Å². The molecule has 0 aliphatic carbocycles. The van der Waals surface area contributed by atoms with Crippen molar-refractivity contribution in [2.45, 2.75) is 63.6 Å². The van der Waals surface area contributed by atoms with Crippen LogP contribution in [0.3, 0.4) is 0 Å². The van der Waals surface area contributed by atoms with E-state index in [1.165, 1.54) is 24.6 Å². The number of hydrogen-bond donors (Lipinski definition) is 3. The number of aliphatic hydroxyl groups excluding tert-OH is 1. The number of nitrogens with zero attached hydrogens (tertiary/aromatic N) is 1. The van der Waals surface area contributed by atoms with E-state index in [0.29, 0.717) is 37.4 Å². The lowest BCUT2D eigenvalue weighted by atomic mass is 9.79. The summed E-state index contributed by atoms with van der Waals surface area (Å²) in [5.41, 5.74) is 2.17. The van der Waals surface area contributed by atoms with Crippen LogP contribution in [0.5, 0.6) is 0 Å². The van der Waals surface area contributed by atoms with Crippen LogP contribution in [-0.4, -0.2) is 54.1 Å². The van der Waals surface area contributed by atoms with Gasteiger partial charge in [-0.1, -0.05) is 38.1 Å². The first-order chi connectivity index (χ1) is 16.6. The Hall–Kier alpha value is -2.84. The van der Waals surface area contributed by atoms with Crippen LogP contribution in [0.1, 0.15) is 56.2 Å². The van der Waals surface area contributed by atoms with E-state index in [-0.39, 0.29) is 18.9 Å². The Bertz CT molecular complexity index is 1000. The number of amides is 2. The molecule has 1 aliphatic rings. The second-order valence-electron chi connectivity index (χ2n) is 9.74. The molecule has 2 unspecified atom stereocenters. The maximum absolute atomic E-state index is 13.7. The first-order valence-corrected chi connectivity index (χ1v) is 12.1. The Morgan fingerprint density at radius 3 is 2.37 bits per heavy atom. The molecule has 2 aromatic carbocycles. The number of halogens is 2. The van der Waals surface area contributed by atoms with Gasteiger partial charge >= 0.3 is 0 Å². The first kappa shape index (κ1) is 26.8. The third-order valence-corrected chi connectivity index (χ3v) is 6.79. The normalized spacial score (nSPS) is 17.2. The lowest BCUT2D eigenvalue weighted by Gasteiger charge is -2.43. The molecule has 190 valence electrons. The fraction of sp³-hybridized carbons (Fsp3) is 0.481. The van der Waals surface area contributed by atoms with E-state index in [1.807, 2.05) is 6.07 Å². The van der Waals surface area contributed by atoms with Gasteiger partial charge in [-0.2, -0.15) is 0 Å². The lowest BCUT2D eigenvalue weighted by Crippen LogP contribution is -2.55. The van der Waals surface area contributed by atoms with Crippen LogP contribution in [0.25, 0.3) is 0 Å². The van der Waals surface area contributed by atoms with E-state index in [2.05, 4.69) is 42.7 Å². The molecule has 0 saturated carbocycles. The SMILES string of the molecule is CC(=O)NC(Cc1cc(F)cc(F)c1)C(O)CNC1(c2cccc(C(C)C)c2)CCN(C=O)CC1. The zero-order valence-electron chi connectivity index (χ0n) is 20.6. The standard InChI is InChI=1S/C27H35F2N3O3/c1-18(2)21-5-4-6-22(14-21)27(7-9-32(17-33)10-8-27)30-16-26(35)25(31-19(3)34)13-20-11-23(28)15-24(29)12-20/h4-6,11-12,14-15,17-18,25-26,30,35H,7-10,13,16H2,1-3H3,(H,31,34). The fourth-order valence-corrected chi connectivity index (χ4v) is 4.74. The van der Waals surface area contributed by atoms with Crippen molar-refractivity contribution in [3.63, 3.8) is 0 Å². The van der Waals surface area contributed by atoms with Crippen molar-refractivity contribution < 1.29 is 23.5 Å². The van der Waals surface area contributed by atoms with Crippen LogP contribution in [0.2, 0.25) is 0 Å². The van der Waals surface area contributed by atoms with Crippen LogP contribution in [0.4, 0.5) is 8.78 Å². The summed E-state index contributed by atoms with van der Waals surface area (Å²) in [6, 6.07) is 10.8. The van der Waals surface area contributed by atoms with Crippen LogP contribution in [0.15, 0.2) is 42.5 Å². The molecule has 0 radical (unpaired) electrons. The molecule has 0 bridgehead atoms. The maximum atomic E-state index is 13.7. The summed E-state index contributed by atoms with van der Waals surface area (Å²) in [7, 11) is 0. The van der Waals surface area contributed by atoms with Gasteiger partial charge in [-0.15, -0.1) is 0 Å². The summed E-state index contributed by atoms with van der Waals surface area (Å²) < 4.78 is 27.4. The molecule has 0 spiro atoms. The maximum Gasteiger partial charge on any atom is 0.217 e. The van der Waals surface area contributed by atoms with Crippen molar-refractivity contribution in [2.24, 2.45) is 0 Å². The Morgan fingerprint density at radius 2 is 1.80 bits per heavy atom. The van der Waals surface area contributed by atoms with Gasteiger partial charge in [0.25, 0.3) is 0 Å². The van der Waals surface area contributed by atoms with Crippen LogP contribution in [-0.2, 0) is 21.5 Å². The summed E-state index contributed by atoms with van der Waals surface area (Å²) in [6.07, 6.45) is 1.25. The molecule has 8 heteroatoms. The van der Waals surface area contributed by atoms with Crippen LogP contribution in [0, 0.1) is 11.6 Å². The second kappa shape index (κ2) is 11.7. The smallest absolute Gasteiger partial charge is 0.217 e. The number of nitrogens with one attached hydrogen (secondary N) is 2. The average molecular weight is 488 g/mol. The largest absolute Gasteiger partial charge is 0.390 e. The van der Waals surface area contributed by atoms with Gasteiger partial charge in [0.1, 0.15) is 11.6 Å². The predicted octanol–water partition coefficient (Wildman–Crippen LogP) is 3.23. The number of carbonyl (C=O) groups is 2. The Kier molecular flexibility index (Phi) is 8.97. The molecule has 1 heterocycles. The molecule has 0 aromatic heterocycles. The van der Waals surface area contributed by atoms with E-state index in [4.69, 9.17) is 0 Å². The number of likely N-dealkylation sites (tertiary alicyclic amines) is 1. The highest BCUT2D eigenvalue weighted by atomic mass is 19.1.